The fourth-order valence-corrected chi connectivity index (χ4v) is 3.06. The van der Waals surface area contributed by atoms with E-state index in [1.54, 1.807) is 0 Å². The number of likely N-dealkylation sites (tertiary alicyclic amines) is 1. The molecule has 0 amide bonds. The van der Waals surface area contributed by atoms with Crippen LogP contribution in [0.5, 0.6) is 0 Å². The second-order valence-electron chi connectivity index (χ2n) is 6.28. The molecule has 1 unspecified atom stereocenters. The van der Waals surface area contributed by atoms with Gasteiger partial charge in [-0.1, -0.05) is 64.7 Å². The highest BCUT2D eigenvalue weighted by Gasteiger charge is 2.16. The zero-order valence-corrected chi connectivity index (χ0v) is 13.1. The molecule has 1 rings (SSSR count). The van der Waals surface area contributed by atoms with Crippen LogP contribution in [0, 0.1) is 0 Å². The summed E-state index contributed by atoms with van der Waals surface area (Å²) in [6, 6.07) is 0. The Balaban J connectivity index is 1.78. The molecule has 0 bridgehead atoms. The van der Waals surface area contributed by atoms with Crippen molar-refractivity contribution in [3.63, 3.8) is 0 Å². The number of nitrogens with zero attached hydrogens (tertiary/aromatic N) is 1. The van der Waals surface area contributed by atoms with E-state index in [1.807, 2.05) is 0 Å². The van der Waals surface area contributed by atoms with E-state index in [9.17, 15) is 5.11 Å². The molecule has 1 heterocycles. The van der Waals surface area contributed by atoms with Gasteiger partial charge in [0.1, 0.15) is 0 Å². The van der Waals surface area contributed by atoms with E-state index in [0.29, 0.717) is 0 Å². The van der Waals surface area contributed by atoms with Gasteiger partial charge in [0, 0.05) is 6.54 Å². The SMILES string of the molecule is CCCCCCCCCCCCN1CCCC(O)C1. The van der Waals surface area contributed by atoms with Gasteiger partial charge in [0.25, 0.3) is 0 Å². The Kier molecular flexibility index (Phi) is 10.5. The number of β-amino-alcohol motifs (C(OH)–C–C–N with tert-alkyl or cyclic N) is 1. The molecule has 0 aliphatic carbocycles. The van der Waals surface area contributed by atoms with Gasteiger partial charge in [0.15, 0.2) is 0 Å². The van der Waals surface area contributed by atoms with Crippen molar-refractivity contribution in [1.29, 1.82) is 0 Å². The Hall–Kier alpha value is -0.0800. The predicted molar refractivity (Wildman–Crippen MR) is 83.5 cm³/mol. The van der Waals surface area contributed by atoms with Gasteiger partial charge in [-0.2, -0.15) is 0 Å². The summed E-state index contributed by atoms with van der Waals surface area (Å²) >= 11 is 0. The van der Waals surface area contributed by atoms with Crippen LogP contribution in [-0.4, -0.2) is 35.7 Å². The summed E-state index contributed by atoms with van der Waals surface area (Å²) in [5.41, 5.74) is 0. The monoisotopic (exact) mass is 269 g/mol. The first-order valence-corrected chi connectivity index (χ1v) is 8.73. The third kappa shape index (κ3) is 9.45. The van der Waals surface area contributed by atoms with Crippen LogP contribution in [0.3, 0.4) is 0 Å². The van der Waals surface area contributed by atoms with Gasteiger partial charge in [-0.25, -0.2) is 0 Å². The van der Waals surface area contributed by atoms with Crippen LogP contribution in [0.4, 0.5) is 0 Å². The van der Waals surface area contributed by atoms with E-state index in [-0.39, 0.29) is 6.10 Å². The molecule has 0 spiro atoms. The van der Waals surface area contributed by atoms with Crippen molar-refractivity contribution < 1.29 is 5.11 Å². The first-order valence-electron chi connectivity index (χ1n) is 8.73. The van der Waals surface area contributed by atoms with Gasteiger partial charge in [0.05, 0.1) is 6.10 Å². The number of aliphatic hydroxyl groups excluding tert-OH is 1. The van der Waals surface area contributed by atoms with Gasteiger partial charge in [-0.3, -0.25) is 0 Å². The Morgan fingerprint density at radius 1 is 0.895 bits per heavy atom. The summed E-state index contributed by atoms with van der Waals surface area (Å²) in [5, 5.41) is 9.60. The van der Waals surface area contributed by atoms with Crippen LogP contribution >= 0.6 is 0 Å². The largest absolute Gasteiger partial charge is 0.392 e. The highest BCUT2D eigenvalue weighted by atomic mass is 16.3. The first kappa shape index (κ1) is 17.0. The fourth-order valence-electron chi connectivity index (χ4n) is 3.06. The zero-order valence-electron chi connectivity index (χ0n) is 13.1. The zero-order chi connectivity index (χ0) is 13.8. The molecule has 0 saturated carbocycles. The third-order valence-electron chi connectivity index (χ3n) is 4.31. The quantitative estimate of drug-likeness (QED) is 0.563. The lowest BCUT2D eigenvalue weighted by molar-refractivity contribution is 0.0698. The van der Waals surface area contributed by atoms with Gasteiger partial charge in [-0.15, -0.1) is 0 Å². The number of hydrogen-bond acceptors (Lipinski definition) is 2. The maximum atomic E-state index is 9.60. The van der Waals surface area contributed by atoms with Crippen molar-refractivity contribution in [1.82, 2.24) is 4.90 Å². The number of aliphatic hydroxyl groups is 1. The number of rotatable bonds is 11. The average molecular weight is 269 g/mol. The molecule has 2 nitrogen and oxygen atoms in total. The number of unbranched alkanes of at least 4 members (excludes halogenated alkanes) is 9. The van der Waals surface area contributed by atoms with Crippen LogP contribution in [-0.2, 0) is 0 Å². The number of hydrogen-bond donors (Lipinski definition) is 1. The highest BCUT2D eigenvalue weighted by molar-refractivity contribution is 4.71. The van der Waals surface area contributed by atoms with E-state index < -0.39 is 0 Å². The molecule has 0 aromatic heterocycles. The van der Waals surface area contributed by atoms with Gasteiger partial charge in [-0.05, 0) is 32.4 Å². The fraction of sp³-hybridized carbons (Fsp3) is 1.00. The Bertz CT molecular complexity index is 196. The highest BCUT2D eigenvalue weighted by Crippen LogP contribution is 2.13. The molecule has 1 N–H and O–H groups in total. The Labute approximate surface area is 120 Å². The normalized spacial score (nSPS) is 20.8. The average Bonchev–Trinajstić information content (AvgIpc) is 2.41. The minimum absolute atomic E-state index is 0.0585. The maximum Gasteiger partial charge on any atom is 0.0667 e. The van der Waals surface area contributed by atoms with Gasteiger partial charge < -0.3 is 10.0 Å². The topological polar surface area (TPSA) is 23.5 Å². The summed E-state index contributed by atoms with van der Waals surface area (Å²) in [6.07, 6.45) is 16.2. The maximum absolute atomic E-state index is 9.60. The Morgan fingerprint density at radius 2 is 1.47 bits per heavy atom. The van der Waals surface area contributed by atoms with Crippen LogP contribution in [0.1, 0.15) is 84.0 Å². The van der Waals surface area contributed by atoms with Crippen LogP contribution in [0.2, 0.25) is 0 Å². The van der Waals surface area contributed by atoms with Crippen molar-refractivity contribution in [2.24, 2.45) is 0 Å². The van der Waals surface area contributed by atoms with Crippen LogP contribution in [0.25, 0.3) is 0 Å². The van der Waals surface area contributed by atoms with Gasteiger partial charge >= 0.3 is 0 Å². The van der Waals surface area contributed by atoms with E-state index in [0.717, 1.165) is 13.0 Å². The lowest BCUT2D eigenvalue weighted by Gasteiger charge is -2.29. The summed E-state index contributed by atoms with van der Waals surface area (Å²) in [6.45, 7) is 5.60. The summed E-state index contributed by atoms with van der Waals surface area (Å²) in [4.78, 5) is 2.44. The third-order valence-corrected chi connectivity index (χ3v) is 4.31. The standard InChI is InChI=1S/C17H35NO/c1-2-3-4-5-6-7-8-9-10-11-14-18-15-12-13-17(19)16-18/h17,19H,2-16H2,1H3. The Morgan fingerprint density at radius 3 is 2.05 bits per heavy atom. The van der Waals surface area contributed by atoms with Crippen molar-refractivity contribution in [3.05, 3.63) is 0 Å². The molecule has 2 heteroatoms. The van der Waals surface area contributed by atoms with Crippen molar-refractivity contribution in [2.75, 3.05) is 19.6 Å². The molecule has 1 atom stereocenters. The molecular formula is C17H35NO. The second-order valence-corrected chi connectivity index (χ2v) is 6.28. The molecule has 114 valence electrons. The van der Waals surface area contributed by atoms with Gasteiger partial charge in [0.2, 0.25) is 0 Å². The molecule has 0 aromatic carbocycles. The lowest BCUT2D eigenvalue weighted by Crippen LogP contribution is -2.38. The van der Waals surface area contributed by atoms with E-state index in [4.69, 9.17) is 0 Å². The lowest BCUT2D eigenvalue weighted by atomic mass is 10.1. The van der Waals surface area contributed by atoms with E-state index >= 15 is 0 Å². The molecular weight excluding hydrogens is 234 g/mol. The van der Waals surface area contributed by atoms with Crippen molar-refractivity contribution in [3.8, 4) is 0 Å². The molecule has 19 heavy (non-hydrogen) atoms. The molecule has 1 saturated heterocycles. The second kappa shape index (κ2) is 11.7. The molecule has 0 aromatic rings. The minimum Gasteiger partial charge on any atom is -0.392 e. The van der Waals surface area contributed by atoms with E-state index in [2.05, 4.69) is 11.8 Å². The van der Waals surface area contributed by atoms with Crippen LogP contribution in [0.15, 0.2) is 0 Å². The van der Waals surface area contributed by atoms with Crippen molar-refractivity contribution >= 4 is 0 Å². The molecule has 1 aliphatic heterocycles. The molecule has 1 aliphatic rings. The van der Waals surface area contributed by atoms with Crippen molar-refractivity contribution in [2.45, 2.75) is 90.1 Å². The molecule has 1 fully saturated rings. The van der Waals surface area contributed by atoms with E-state index in [1.165, 1.54) is 83.7 Å². The summed E-state index contributed by atoms with van der Waals surface area (Å²) < 4.78 is 0. The first-order chi connectivity index (χ1) is 9.33. The summed E-state index contributed by atoms with van der Waals surface area (Å²) in [5.74, 6) is 0. The molecule has 0 radical (unpaired) electrons. The smallest absolute Gasteiger partial charge is 0.0667 e. The van der Waals surface area contributed by atoms with Crippen LogP contribution < -0.4 is 0 Å². The summed E-state index contributed by atoms with van der Waals surface area (Å²) in [7, 11) is 0. The minimum atomic E-state index is -0.0585. The number of piperidine rings is 1. The predicted octanol–water partition coefficient (Wildman–Crippen LogP) is 4.36.